The van der Waals surface area contributed by atoms with Crippen molar-refractivity contribution in [2.75, 3.05) is 6.54 Å². The van der Waals surface area contributed by atoms with Gasteiger partial charge in [0.1, 0.15) is 6.10 Å². The van der Waals surface area contributed by atoms with E-state index in [1.807, 2.05) is 5.32 Å². The van der Waals surface area contributed by atoms with Crippen LogP contribution in [0, 0.1) is 0 Å². The lowest BCUT2D eigenvalue weighted by Gasteiger charge is -2.30. The van der Waals surface area contributed by atoms with Crippen molar-refractivity contribution in [3.63, 3.8) is 0 Å². The SMILES string of the molecule is CC(=O)NCC(F)(F)C(O)C(Cc1ccccc1)NC(=O)c1ccccc1. The average Bonchev–Trinajstić information content (AvgIpc) is 2.67. The second-order valence-electron chi connectivity index (χ2n) is 6.25. The van der Waals surface area contributed by atoms with Crippen LogP contribution in [0.1, 0.15) is 22.8 Å². The van der Waals surface area contributed by atoms with Crippen LogP contribution in [0.15, 0.2) is 60.7 Å². The van der Waals surface area contributed by atoms with Gasteiger partial charge in [0.15, 0.2) is 0 Å². The molecule has 5 nitrogen and oxygen atoms in total. The van der Waals surface area contributed by atoms with Crippen molar-refractivity contribution in [1.82, 2.24) is 10.6 Å². The van der Waals surface area contributed by atoms with Gasteiger partial charge in [-0.2, -0.15) is 0 Å². The molecule has 0 fully saturated rings. The fourth-order valence-corrected chi connectivity index (χ4v) is 2.59. The minimum absolute atomic E-state index is 0.0102. The molecular weight excluding hydrogens is 354 g/mol. The Morgan fingerprint density at radius 1 is 1.04 bits per heavy atom. The van der Waals surface area contributed by atoms with Crippen LogP contribution in [0.4, 0.5) is 8.78 Å². The van der Waals surface area contributed by atoms with E-state index in [1.165, 1.54) is 0 Å². The van der Waals surface area contributed by atoms with Gasteiger partial charge in [-0.1, -0.05) is 48.5 Å². The van der Waals surface area contributed by atoms with E-state index >= 15 is 0 Å². The molecule has 0 aliphatic heterocycles. The standard InChI is InChI=1S/C20H22F2N2O3/c1-14(25)23-13-20(21,22)18(26)17(12-15-8-4-2-5-9-15)24-19(27)16-10-6-3-7-11-16/h2-11,17-18,26H,12-13H2,1H3,(H,23,25)(H,24,27). The van der Waals surface area contributed by atoms with Crippen LogP contribution in [0.5, 0.6) is 0 Å². The number of rotatable bonds is 8. The summed E-state index contributed by atoms with van der Waals surface area (Å²) in [5.41, 5.74) is 0.984. The monoisotopic (exact) mass is 376 g/mol. The zero-order chi connectivity index (χ0) is 19.9. The molecule has 7 heteroatoms. The lowest BCUT2D eigenvalue weighted by atomic mass is 9.96. The summed E-state index contributed by atoms with van der Waals surface area (Å²) in [6.45, 7) is 0.0943. The van der Waals surface area contributed by atoms with Gasteiger partial charge < -0.3 is 15.7 Å². The molecule has 0 spiro atoms. The van der Waals surface area contributed by atoms with Crippen LogP contribution in [0.25, 0.3) is 0 Å². The molecule has 3 N–H and O–H groups in total. The van der Waals surface area contributed by atoms with Crippen molar-refractivity contribution in [3.05, 3.63) is 71.8 Å². The maximum Gasteiger partial charge on any atom is 0.292 e. The topological polar surface area (TPSA) is 78.4 Å². The summed E-state index contributed by atoms with van der Waals surface area (Å²) in [6, 6.07) is 15.6. The highest BCUT2D eigenvalue weighted by Crippen LogP contribution is 2.23. The van der Waals surface area contributed by atoms with Crippen LogP contribution in [-0.2, 0) is 11.2 Å². The fraction of sp³-hybridized carbons (Fsp3) is 0.300. The maximum atomic E-state index is 14.4. The zero-order valence-electron chi connectivity index (χ0n) is 14.9. The first-order valence-corrected chi connectivity index (χ1v) is 8.50. The largest absolute Gasteiger partial charge is 0.385 e. The molecule has 0 aliphatic carbocycles. The van der Waals surface area contributed by atoms with E-state index in [2.05, 4.69) is 5.32 Å². The van der Waals surface area contributed by atoms with Crippen molar-refractivity contribution < 1.29 is 23.5 Å². The minimum Gasteiger partial charge on any atom is -0.385 e. The molecule has 2 rings (SSSR count). The van der Waals surface area contributed by atoms with Gasteiger partial charge in [0.05, 0.1) is 12.6 Å². The van der Waals surface area contributed by atoms with Crippen LogP contribution in [0.2, 0.25) is 0 Å². The lowest BCUT2D eigenvalue weighted by molar-refractivity contribution is -0.131. The van der Waals surface area contributed by atoms with Gasteiger partial charge in [-0.15, -0.1) is 0 Å². The normalized spacial score (nSPS) is 13.5. The number of hydrogen-bond acceptors (Lipinski definition) is 3. The van der Waals surface area contributed by atoms with E-state index in [9.17, 15) is 23.5 Å². The predicted octanol–water partition coefficient (Wildman–Crippen LogP) is 2.16. The van der Waals surface area contributed by atoms with Crippen molar-refractivity contribution in [2.45, 2.75) is 31.4 Å². The molecule has 0 bridgehead atoms. The number of carbonyl (C=O) groups is 2. The molecule has 2 atom stereocenters. The van der Waals surface area contributed by atoms with Crippen LogP contribution in [-0.4, -0.2) is 41.5 Å². The number of carbonyl (C=O) groups excluding carboxylic acids is 2. The number of aliphatic hydroxyl groups excluding tert-OH is 1. The summed E-state index contributed by atoms with van der Waals surface area (Å²) in [6.07, 6.45) is -2.17. The van der Waals surface area contributed by atoms with E-state index < -0.39 is 36.4 Å². The highest BCUT2D eigenvalue weighted by molar-refractivity contribution is 5.94. The molecule has 2 aromatic carbocycles. The molecule has 27 heavy (non-hydrogen) atoms. The average molecular weight is 376 g/mol. The Labute approximate surface area is 156 Å². The predicted molar refractivity (Wildman–Crippen MR) is 97.5 cm³/mol. The highest BCUT2D eigenvalue weighted by Gasteiger charge is 2.43. The van der Waals surface area contributed by atoms with Crippen LogP contribution in [0.3, 0.4) is 0 Å². The van der Waals surface area contributed by atoms with Crippen molar-refractivity contribution in [1.29, 1.82) is 0 Å². The Morgan fingerprint density at radius 2 is 1.59 bits per heavy atom. The smallest absolute Gasteiger partial charge is 0.292 e. The number of amides is 2. The molecule has 2 aromatic rings. The minimum atomic E-state index is -3.62. The summed E-state index contributed by atoms with van der Waals surface area (Å²) in [4.78, 5) is 23.3. The summed E-state index contributed by atoms with van der Waals surface area (Å²) in [5.74, 6) is -4.81. The van der Waals surface area contributed by atoms with E-state index in [0.29, 0.717) is 11.1 Å². The molecule has 2 amide bonds. The van der Waals surface area contributed by atoms with Gasteiger partial charge in [-0.05, 0) is 24.1 Å². The first-order chi connectivity index (χ1) is 12.8. The molecule has 2 unspecified atom stereocenters. The van der Waals surface area contributed by atoms with E-state index in [1.54, 1.807) is 60.7 Å². The van der Waals surface area contributed by atoms with Gasteiger partial charge >= 0.3 is 0 Å². The number of aliphatic hydroxyl groups is 1. The molecule has 0 heterocycles. The number of alkyl halides is 2. The van der Waals surface area contributed by atoms with Crippen molar-refractivity contribution >= 4 is 11.8 Å². The molecule has 0 radical (unpaired) electrons. The van der Waals surface area contributed by atoms with E-state index in [0.717, 1.165) is 6.92 Å². The Hall–Kier alpha value is -2.80. The second kappa shape index (κ2) is 9.23. The van der Waals surface area contributed by atoms with Crippen molar-refractivity contribution in [3.8, 4) is 0 Å². The first-order valence-electron chi connectivity index (χ1n) is 8.50. The highest BCUT2D eigenvalue weighted by atomic mass is 19.3. The third kappa shape index (κ3) is 6.14. The Balaban J connectivity index is 2.20. The van der Waals surface area contributed by atoms with Gasteiger partial charge in [-0.25, -0.2) is 8.78 Å². The lowest BCUT2D eigenvalue weighted by Crippen LogP contribution is -2.56. The summed E-state index contributed by atoms with van der Waals surface area (Å²) in [5, 5.41) is 14.8. The van der Waals surface area contributed by atoms with E-state index in [-0.39, 0.29) is 6.42 Å². The molecular formula is C20H22F2N2O3. The third-order valence-corrected chi connectivity index (χ3v) is 4.04. The first kappa shape index (κ1) is 20.5. The number of halogens is 2. The third-order valence-electron chi connectivity index (χ3n) is 4.04. The number of nitrogens with one attached hydrogen (secondary N) is 2. The van der Waals surface area contributed by atoms with Crippen LogP contribution >= 0.6 is 0 Å². The van der Waals surface area contributed by atoms with Gasteiger partial charge in [0.25, 0.3) is 11.8 Å². The fourth-order valence-electron chi connectivity index (χ4n) is 2.59. The molecule has 0 aromatic heterocycles. The number of benzene rings is 2. The molecule has 0 aliphatic rings. The molecule has 0 saturated carbocycles. The van der Waals surface area contributed by atoms with Gasteiger partial charge in [0, 0.05) is 12.5 Å². The number of hydrogen-bond donors (Lipinski definition) is 3. The van der Waals surface area contributed by atoms with Crippen molar-refractivity contribution in [2.24, 2.45) is 0 Å². The Bertz CT molecular complexity index is 754. The van der Waals surface area contributed by atoms with Gasteiger partial charge in [0.2, 0.25) is 5.91 Å². The van der Waals surface area contributed by atoms with Gasteiger partial charge in [-0.3, -0.25) is 9.59 Å². The Morgan fingerprint density at radius 3 is 2.15 bits per heavy atom. The Kier molecular flexibility index (Phi) is 7.01. The quantitative estimate of drug-likeness (QED) is 0.661. The zero-order valence-corrected chi connectivity index (χ0v) is 14.9. The molecule has 0 saturated heterocycles. The summed E-state index contributed by atoms with van der Waals surface area (Å²) < 4.78 is 28.7. The summed E-state index contributed by atoms with van der Waals surface area (Å²) in [7, 11) is 0. The maximum absolute atomic E-state index is 14.4. The summed E-state index contributed by atoms with van der Waals surface area (Å²) >= 11 is 0. The molecule has 144 valence electrons. The van der Waals surface area contributed by atoms with E-state index in [4.69, 9.17) is 0 Å². The van der Waals surface area contributed by atoms with Crippen LogP contribution < -0.4 is 10.6 Å². The second-order valence-corrected chi connectivity index (χ2v) is 6.25.